The lowest BCUT2D eigenvalue weighted by Crippen LogP contribution is -2.61. The summed E-state index contributed by atoms with van der Waals surface area (Å²) < 4.78 is 13.1. The Morgan fingerprint density at radius 3 is 1.71 bits per heavy atom. The lowest BCUT2D eigenvalue weighted by atomic mass is 9.91. The maximum Gasteiger partial charge on any atom is 0.303 e. The molecule has 0 spiro atoms. The van der Waals surface area contributed by atoms with E-state index < -0.39 is 43.2 Å². The molecule has 2 rings (SSSR count). The second-order valence-electron chi connectivity index (χ2n) is 5.59. The summed E-state index contributed by atoms with van der Waals surface area (Å²) in [5, 5.41) is 2.46. The standard InChI is InChI=1S/C12H13Cl6NO5/c1-5(20)19-12-9(22-6(2)21,3-7(23-12)10(13,14)15)4-8(24-12)11(16,17)18/h7-8H,3-4H2,1-2H3,(H,19,20)/t7-,8+,9?,12?. The van der Waals surface area contributed by atoms with Crippen LogP contribution >= 0.6 is 69.6 Å². The Hall–Kier alpha value is 0.600. The maximum absolute atomic E-state index is 11.7. The molecule has 6 nitrogen and oxygen atoms in total. The molecule has 2 aliphatic rings. The van der Waals surface area contributed by atoms with Crippen LogP contribution < -0.4 is 5.32 Å². The zero-order valence-electron chi connectivity index (χ0n) is 12.4. The summed E-state index contributed by atoms with van der Waals surface area (Å²) in [4.78, 5) is 23.3. The fourth-order valence-electron chi connectivity index (χ4n) is 2.87. The third kappa shape index (κ3) is 3.96. The van der Waals surface area contributed by atoms with E-state index in [4.69, 9.17) is 83.8 Å². The number of esters is 1. The molecule has 24 heavy (non-hydrogen) atoms. The summed E-state index contributed by atoms with van der Waals surface area (Å²) in [6.07, 6.45) is -2.24. The molecule has 1 amide bonds. The zero-order chi connectivity index (χ0) is 18.6. The van der Waals surface area contributed by atoms with E-state index in [1.54, 1.807) is 0 Å². The molecule has 2 unspecified atom stereocenters. The van der Waals surface area contributed by atoms with E-state index in [1.807, 2.05) is 0 Å². The van der Waals surface area contributed by atoms with Gasteiger partial charge >= 0.3 is 5.97 Å². The van der Waals surface area contributed by atoms with Crippen molar-refractivity contribution in [2.24, 2.45) is 0 Å². The average Bonchev–Trinajstić information content (AvgIpc) is 2.73. The van der Waals surface area contributed by atoms with Gasteiger partial charge in [0.25, 0.3) is 5.91 Å². The molecule has 0 aromatic rings. The summed E-state index contributed by atoms with van der Waals surface area (Å²) in [5.41, 5.74) is -1.52. The number of fused-ring (bicyclic) bond motifs is 1. The Labute approximate surface area is 168 Å². The summed E-state index contributed by atoms with van der Waals surface area (Å²) in [6, 6.07) is 0. The molecular weight excluding hydrogens is 451 g/mol. The number of carbonyl (C=O) groups excluding carboxylic acids is 2. The van der Waals surface area contributed by atoms with E-state index in [9.17, 15) is 9.59 Å². The molecule has 1 N–H and O–H groups in total. The van der Waals surface area contributed by atoms with E-state index in [0.717, 1.165) is 0 Å². The van der Waals surface area contributed by atoms with Crippen molar-refractivity contribution in [2.75, 3.05) is 0 Å². The van der Waals surface area contributed by atoms with Crippen LogP contribution in [0.2, 0.25) is 0 Å². The minimum absolute atomic E-state index is 0.0827. The van der Waals surface area contributed by atoms with Crippen molar-refractivity contribution in [1.82, 2.24) is 5.32 Å². The molecule has 12 heteroatoms. The van der Waals surface area contributed by atoms with Crippen LogP contribution in [0.15, 0.2) is 0 Å². The Morgan fingerprint density at radius 1 is 1.00 bits per heavy atom. The quantitative estimate of drug-likeness (QED) is 0.502. The maximum atomic E-state index is 11.7. The normalized spacial score (nSPS) is 36.3. The van der Waals surface area contributed by atoms with E-state index in [-0.39, 0.29) is 12.8 Å². The first-order valence-electron chi connectivity index (χ1n) is 6.68. The highest BCUT2D eigenvalue weighted by Gasteiger charge is 2.74. The predicted octanol–water partition coefficient (Wildman–Crippen LogP) is 3.40. The van der Waals surface area contributed by atoms with Gasteiger partial charge in [0, 0.05) is 26.7 Å². The number of halogens is 6. The average molecular weight is 464 g/mol. The predicted molar refractivity (Wildman–Crippen MR) is 90.6 cm³/mol. The molecule has 2 saturated heterocycles. The van der Waals surface area contributed by atoms with Crippen molar-refractivity contribution in [1.29, 1.82) is 0 Å². The number of amides is 1. The van der Waals surface area contributed by atoms with Gasteiger partial charge in [0.1, 0.15) is 12.2 Å². The molecule has 2 heterocycles. The smallest absolute Gasteiger partial charge is 0.303 e. The van der Waals surface area contributed by atoms with Gasteiger partial charge in [-0.15, -0.1) is 0 Å². The van der Waals surface area contributed by atoms with Crippen LogP contribution in [-0.2, 0) is 23.8 Å². The Kier molecular flexibility index (Phi) is 5.79. The minimum Gasteiger partial charge on any atom is -0.451 e. The molecule has 0 aromatic heterocycles. The number of ether oxygens (including phenoxy) is 3. The number of nitrogens with one attached hydrogen (secondary N) is 1. The van der Waals surface area contributed by atoms with Crippen LogP contribution in [0.3, 0.4) is 0 Å². The number of hydrogen-bond acceptors (Lipinski definition) is 5. The van der Waals surface area contributed by atoms with Gasteiger partial charge in [-0.05, 0) is 0 Å². The van der Waals surface area contributed by atoms with Gasteiger partial charge in [0.05, 0.1) is 0 Å². The molecule has 4 atom stereocenters. The lowest BCUT2D eigenvalue weighted by Gasteiger charge is -2.36. The van der Waals surface area contributed by atoms with Crippen LogP contribution in [0.5, 0.6) is 0 Å². The van der Waals surface area contributed by atoms with Crippen molar-refractivity contribution < 1.29 is 23.8 Å². The van der Waals surface area contributed by atoms with Gasteiger partial charge in [0.2, 0.25) is 13.5 Å². The van der Waals surface area contributed by atoms with Crippen molar-refractivity contribution >= 4 is 81.5 Å². The molecule has 0 bridgehead atoms. The fourth-order valence-corrected chi connectivity index (χ4v) is 3.60. The highest BCUT2D eigenvalue weighted by atomic mass is 35.6. The van der Waals surface area contributed by atoms with E-state index in [1.165, 1.54) is 13.8 Å². The van der Waals surface area contributed by atoms with Crippen LogP contribution in [0.1, 0.15) is 26.7 Å². The van der Waals surface area contributed by atoms with Crippen molar-refractivity contribution in [3.8, 4) is 0 Å². The second kappa shape index (κ2) is 6.64. The minimum atomic E-state index is -1.94. The van der Waals surface area contributed by atoms with Crippen LogP contribution in [-0.4, -0.2) is 43.2 Å². The molecule has 0 saturated carbocycles. The topological polar surface area (TPSA) is 73.9 Å². The SMILES string of the molecule is CC(=O)NC12O[C@H](C(Cl)(Cl)Cl)CC1(OC(C)=O)C[C@H](C(Cl)(Cl)Cl)O2. The van der Waals surface area contributed by atoms with E-state index in [2.05, 4.69) is 5.32 Å². The first-order chi connectivity index (χ1) is 10.7. The summed E-state index contributed by atoms with van der Waals surface area (Å²) in [6.45, 7) is 2.39. The number of alkyl halides is 6. The highest BCUT2D eigenvalue weighted by Crippen LogP contribution is 2.58. The van der Waals surface area contributed by atoms with Crippen molar-refractivity contribution in [2.45, 2.75) is 58.0 Å². The highest BCUT2D eigenvalue weighted by molar-refractivity contribution is 6.68. The van der Waals surface area contributed by atoms with Crippen molar-refractivity contribution in [3.05, 3.63) is 0 Å². The number of hydrogen-bond donors (Lipinski definition) is 1. The Bertz CT molecular complexity index is 485. The van der Waals surface area contributed by atoms with Crippen molar-refractivity contribution in [3.63, 3.8) is 0 Å². The van der Waals surface area contributed by atoms with E-state index >= 15 is 0 Å². The molecule has 2 aliphatic heterocycles. The summed E-state index contributed by atoms with van der Waals surface area (Å²) in [5.74, 6) is -3.14. The second-order valence-corrected chi connectivity index (χ2v) is 10.3. The fraction of sp³-hybridized carbons (Fsp3) is 0.833. The zero-order valence-corrected chi connectivity index (χ0v) is 16.9. The first-order valence-corrected chi connectivity index (χ1v) is 8.95. The molecule has 138 valence electrons. The first kappa shape index (κ1) is 20.9. The number of carbonyl (C=O) groups is 2. The monoisotopic (exact) mass is 461 g/mol. The Balaban J connectivity index is 2.49. The summed E-state index contributed by atoms with van der Waals surface area (Å²) >= 11 is 35.4. The summed E-state index contributed by atoms with van der Waals surface area (Å²) in [7, 11) is 0. The molecule has 0 aliphatic carbocycles. The molecule has 2 fully saturated rings. The van der Waals surface area contributed by atoms with Gasteiger partial charge < -0.3 is 19.5 Å². The Morgan fingerprint density at radius 2 is 1.42 bits per heavy atom. The van der Waals surface area contributed by atoms with Gasteiger partial charge in [-0.3, -0.25) is 9.59 Å². The largest absolute Gasteiger partial charge is 0.451 e. The third-order valence-electron chi connectivity index (χ3n) is 3.66. The van der Waals surface area contributed by atoms with Crippen LogP contribution in [0.4, 0.5) is 0 Å². The molecular formula is C12H13Cl6NO5. The van der Waals surface area contributed by atoms with Crippen LogP contribution in [0, 0.1) is 0 Å². The molecule has 0 radical (unpaired) electrons. The number of rotatable bonds is 2. The third-order valence-corrected chi connectivity index (χ3v) is 5.12. The van der Waals surface area contributed by atoms with Crippen LogP contribution in [0.25, 0.3) is 0 Å². The van der Waals surface area contributed by atoms with Gasteiger partial charge in [0.15, 0.2) is 5.60 Å². The van der Waals surface area contributed by atoms with Gasteiger partial charge in [-0.2, -0.15) is 0 Å². The van der Waals surface area contributed by atoms with E-state index in [0.29, 0.717) is 0 Å². The lowest BCUT2D eigenvalue weighted by molar-refractivity contribution is -0.278. The molecule has 0 aromatic carbocycles. The van der Waals surface area contributed by atoms with Gasteiger partial charge in [-0.25, -0.2) is 0 Å². The van der Waals surface area contributed by atoms with Gasteiger partial charge in [-0.1, -0.05) is 69.6 Å².